The Morgan fingerprint density at radius 3 is 2.78 bits per heavy atom. The predicted octanol–water partition coefficient (Wildman–Crippen LogP) is -1.17. The molecule has 0 bridgehead atoms. The molecule has 0 heterocycles. The number of hydrogen-bond donors (Lipinski definition) is 1. The Balaban J connectivity index is -0.000000245. The van der Waals surface area contributed by atoms with Crippen molar-refractivity contribution in [3.63, 3.8) is 0 Å². The average Bonchev–Trinajstić information content (AvgIpc) is 1.66. The van der Waals surface area contributed by atoms with Gasteiger partial charge in [0.2, 0.25) is 0 Å². The van der Waals surface area contributed by atoms with Crippen molar-refractivity contribution in [3.8, 4) is 0 Å². The number of rotatable bonds is 4. The van der Waals surface area contributed by atoms with Crippen LogP contribution < -0.4 is 29.6 Å². The predicted molar refractivity (Wildman–Crippen MR) is 34.8 cm³/mol. The van der Waals surface area contributed by atoms with E-state index >= 15 is 0 Å². The van der Waals surface area contributed by atoms with Crippen LogP contribution in [0.25, 0.3) is 0 Å². The van der Waals surface area contributed by atoms with E-state index in [1.54, 1.807) is 0 Å². The van der Waals surface area contributed by atoms with E-state index in [4.69, 9.17) is 4.89 Å². The van der Waals surface area contributed by atoms with Gasteiger partial charge in [0.15, 0.2) is 0 Å². The molecule has 0 amide bonds. The van der Waals surface area contributed by atoms with E-state index in [-0.39, 0.29) is 31.0 Å². The second-order valence-electron chi connectivity index (χ2n) is 1.13. The van der Waals surface area contributed by atoms with Gasteiger partial charge < -0.3 is 1.43 Å². The van der Waals surface area contributed by atoms with Gasteiger partial charge in [-0.05, 0) is 10.4 Å². The van der Waals surface area contributed by atoms with Gasteiger partial charge in [0.25, 0.3) is 0 Å². The maximum Gasteiger partial charge on any atom is 1.00 e. The van der Waals surface area contributed by atoms with Gasteiger partial charge in [0.05, 0.1) is 12.0 Å². The molecule has 0 saturated carbocycles. The fourth-order valence-electron chi connectivity index (χ4n) is 0.166. The molecule has 0 aliphatic heterocycles. The summed E-state index contributed by atoms with van der Waals surface area (Å²) in [5, 5.41) is 0. The normalized spacial score (nSPS) is 10.2. The first kappa shape index (κ1) is 13.0. The van der Waals surface area contributed by atoms with E-state index in [2.05, 4.69) is 3.97 Å². The largest absolute Gasteiger partial charge is 1.00 e. The fraction of sp³-hybridized carbons (Fsp3) is 1.00. The zero-order chi connectivity index (χ0) is 6.41. The summed E-state index contributed by atoms with van der Waals surface area (Å²) in [6.07, 6.45) is 0.952. The molecule has 50 valence electrons. The Morgan fingerprint density at radius 2 is 2.44 bits per heavy atom. The minimum Gasteiger partial charge on any atom is -1.00 e. The molecule has 1 atom stereocenters. The van der Waals surface area contributed by atoms with Gasteiger partial charge in [0, 0.05) is 10.3 Å². The Morgan fingerprint density at radius 1 is 1.89 bits per heavy atom. The van der Waals surface area contributed by atoms with Crippen LogP contribution in [0, 0.1) is 0 Å². The van der Waals surface area contributed by atoms with Crippen LogP contribution in [0.4, 0.5) is 0 Å². The van der Waals surface area contributed by atoms with Crippen LogP contribution >= 0.6 is 20.3 Å². The average molecular weight is 179 g/mol. The maximum atomic E-state index is 9.78. The third-order valence-corrected chi connectivity index (χ3v) is 1.91. The smallest absolute Gasteiger partial charge is 1.00 e. The Labute approximate surface area is 83.5 Å². The standard InChI is InChI=1S/C3H7O3PS.Na.H/c1-2-3-8-6-7(4)5;;/h2-3H2,1H3;;/q;+1;-1/p+1. The first-order valence-corrected chi connectivity index (χ1v) is 4.27. The molecule has 6 heteroatoms. The first-order chi connectivity index (χ1) is 3.77. The third kappa shape index (κ3) is 12.5. The molecule has 9 heavy (non-hydrogen) atoms. The molecule has 3 nitrogen and oxygen atoms in total. The third-order valence-electron chi connectivity index (χ3n) is 0.404. The summed E-state index contributed by atoms with van der Waals surface area (Å²) in [5.74, 6) is 0.766. The summed E-state index contributed by atoms with van der Waals surface area (Å²) < 4.78 is 14.0. The second-order valence-corrected chi connectivity index (χ2v) is 2.85. The van der Waals surface area contributed by atoms with Crippen LogP contribution in [0.15, 0.2) is 0 Å². The van der Waals surface area contributed by atoms with Gasteiger partial charge in [-0.25, -0.2) is 0 Å². The van der Waals surface area contributed by atoms with E-state index in [1.807, 2.05) is 6.92 Å². The van der Waals surface area contributed by atoms with Crippen molar-refractivity contribution in [3.05, 3.63) is 0 Å². The topological polar surface area (TPSA) is 46.5 Å². The van der Waals surface area contributed by atoms with Crippen LogP contribution in [-0.2, 0) is 8.54 Å². The minimum atomic E-state index is -2.40. The van der Waals surface area contributed by atoms with Crippen molar-refractivity contribution in [2.75, 3.05) is 5.75 Å². The van der Waals surface area contributed by atoms with Gasteiger partial charge in [0.1, 0.15) is 0 Å². The van der Waals surface area contributed by atoms with Crippen molar-refractivity contribution in [1.29, 1.82) is 0 Å². The summed E-state index contributed by atoms with van der Waals surface area (Å²) in [5.41, 5.74) is 0. The van der Waals surface area contributed by atoms with Gasteiger partial charge in [-0.3, -0.25) is 0 Å². The van der Waals surface area contributed by atoms with Crippen LogP contribution in [0.2, 0.25) is 0 Å². The van der Waals surface area contributed by atoms with Gasteiger partial charge >= 0.3 is 37.8 Å². The quantitative estimate of drug-likeness (QED) is 0.255. The van der Waals surface area contributed by atoms with Crippen LogP contribution in [0.3, 0.4) is 0 Å². The van der Waals surface area contributed by atoms with Crippen LogP contribution in [0.1, 0.15) is 14.8 Å². The van der Waals surface area contributed by atoms with E-state index in [0.29, 0.717) is 0 Å². The minimum absolute atomic E-state index is 0. The van der Waals surface area contributed by atoms with E-state index in [0.717, 1.165) is 24.2 Å². The summed E-state index contributed by atoms with van der Waals surface area (Å²) in [4.78, 5) is 8.05. The first-order valence-electron chi connectivity index (χ1n) is 2.23. The molecule has 0 fully saturated rings. The molecule has 1 N–H and O–H groups in total. The molecular weight excluding hydrogens is 170 g/mol. The Kier molecular flexibility index (Phi) is 13.5. The van der Waals surface area contributed by atoms with E-state index in [9.17, 15) is 4.57 Å². The Bertz CT molecular complexity index is 86.1. The zero-order valence-electron chi connectivity index (χ0n) is 6.53. The van der Waals surface area contributed by atoms with Crippen molar-refractivity contribution >= 4 is 20.3 Å². The molecule has 0 aromatic heterocycles. The zero-order valence-corrected chi connectivity index (χ0v) is 9.24. The van der Waals surface area contributed by atoms with E-state index < -0.39 is 8.25 Å². The molecule has 0 radical (unpaired) electrons. The van der Waals surface area contributed by atoms with Crippen molar-refractivity contribution in [2.24, 2.45) is 0 Å². The van der Waals surface area contributed by atoms with Crippen molar-refractivity contribution in [2.45, 2.75) is 13.3 Å². The molecular formula is C3H9NaO3PS+. The Hall–Kier alpha value is 1.37. The summed E-state index contributed by atoms with van der Waals surface area (Å²) in [6, 6.07) is 0. The van der Waals surface area contributed by atoms with Crippen LogP contribution in [0.5, 0.6) is 0 Å². The molecule has 0 aliphatic rings. The SMILES string of the molecule is CCCSO[P+](=O)O.[H-].[Na+]. The monoisotopic (exact) mass is 179 g/mol. The fourth-order valence-corrected chi connectivity index (χ4v) is 0.991. The number of hydrogen-bond acceptors (Lipinski definition) is 3. The van der Waals surface area contributed by atoms with Crippen molar-refractivity contribution in [1.82, 2.24) is 0 Å². The second kappa shape index (κ2) is 9.37. The summed E-state index contributed by atoms with van der Waals surface area (Å²) in [6.45, 7) is 1.97. The molecule has 0 rings (SSSR count). The van der Waals surface area contributed by atoms with Crippen molar-refractivity contribution < 1.29 is 44.4 Å². The summed E-state index contributed by atoms with van der Waals surface area (Å²) >= 11 is 1.03. The maximum absolute atomic E-state index is 9.78. The van der Waals surface area contributed by atoms with Gasteiger partial charge in [-0.15, -0.1) is 4.89 Å². The molecule has 0 spiro atoms. The summed E-state index contributed by atoms with van der Waals surface area (Å²) in [7, 11) is -2.40. The molecule has 1 unspecified atom stereocenters. The molecule has 0 saturated heterocycles. The van der Waals surface area contributed by atoms with E-state index in [1.165, 1.54) is 0 Å². The van der Waals surface area contributed by atoms with Gasteiger partial charge in [-0.2, -0.15) is 0 Å². The molecule has 0 aromatic carbocycles. The van der Waals surface area contributed by atoms with Gasteiger partial charge in [-0.1, -0.05) is 6.92 Å². The molecule has 0 aliphatic carbocycles. The molecule has 0 aromatic rings. The van der Waals surface area contributed by atoms with Crippen LogP contribution in [-0.4, -0.2) is 10.6 Å².